The van der Waals surface area contributed by atoms with Crippen LogP contribution in [0.25, 0.3) is 22.3 Å². The summed E-state index contributed by atoms with van der Waals surface area (Å²) in [5, 5.41) is 20.0. The number of benzene rings is 7. The Labute approximate surface area is 275 Å². The molecule has 2 aliphatic heterocycles. The molecule has 47 heavy (non-hydrogen) atoms. The highest BCUT2D eigenvalue weighted by molar-refractivity contribution is 7.02. The van der Waals surface area contributed by atoms with Crippen molar-refractivity contribution in [3.63, 3.8) is 0 Å². The third kappa shape index (κ3) is 4.46. The average Bonchev–Trinajstić information content (AvgIpc) is 3.12. The molecule has 0 fully saturated rings. The highest BCUT2D eigenvalue weighted by atomic mass is 16.3. The van der Waals surface area contributed by atoms with Crippen molar-refractivity contribution in [1.82, 2.24) is 0 Å². The van der Waals surface area contributed by atoms with Gasteiger partial charge in [0.15, 0.2) is 0 Å². The van der Waals surface area contributed by atoms with Gasteiger partial charge in [-0.25, -0.2) is 0 Å². The van der Waals surface area contributed by atoms with Gasteiger partial charge >= 0.3 is 0 Å². The maximum atomic E-state index is 9.98. The highest BCUT2D eigenvalue weighted by Crippen LogP contribution is 2.39. The van der Waals surface area contributed by atoms with Crippen LogP contribution in [-0.4, -0.2) is 23.6 Å². The third-order valence-corrected chi connectivity index (χ3v) is 9.77. The minimum absolute atomic E-state index is 0.0451. The normalized spacial score (nSPS) is 12.7. The third-order valence-electron chi connectivity index (χ3n) is 9.77. The Morgan fingerprint density at radius 3 is 1.19 bits per heavy atom. The molecule has 2 aliphatic rings. The van der Waals surface area contributed by atoms with Crippen LogP contribution >= 0.6 is 0 Å². The van der Waals surface area contributed by atoms with Gasteiger partial charge in [0.05, 0.1) is 0 Å². The van der Waals surface area contributed by atoms with E-state index in [1.807, 2.05) is 24.3 Å². The molecule has 0 unspecified atom stereocenters. The van der Waals surface area contributed by atoms with E-state index in [1.54, 1.807) is 24.3 Å². The predicted octanol–water partition coefficient (Wildman–Crippen LogP) is 5.56. The predicted molar refractivity (Wildman–Crippen MR) is 198 cm³/mol. The van der Waals surface area contributed by atoms with Gasteiger partial charge in [-0.15, -0.1) is 0 Å². The van der Waals surface area contributed by atoms with Gasteiger partial charge in [0.2, 0.25) is 13.4 Å². The fourth-order valence-electron chi connectivity index (χ4n) is 7.66. The molecule has 2 heterocycles. The minimum atomic E-state index is 0.0451. The molecule has 7 aromatic carbocycles. The first-order chi connectivity index (χ1) is 23.1. The van der Waals surface area contributed by atoms with Gasteiger partial charge in [-0.1, -0.05) is 138 Å². The zero-order valence-corrected chi connectivity index (χ0v) is 25.6. The van der Waals surface area contributed by atoms with Crippen LogP contribution < -0.4 is 37.7 Å². The van der Waals surface area contributed by atoms with E-state index in [0.29, 0.717) is 0 Å². The molecule has 220 valence electrons. The van der Waals surface area contributed by atoms with Crippen LogP contribution in [0.15, 0.2) is 164 Å². The zero-order chi connectivity index (χ0) is 31.5. The number of fused-ring (bicyclic) bond motifs is 4. The number of anilines is 3. The van der Waals surface area contributed by atoms with E-state index in [-0.39, 0.29) is 24.9 Å². The lowest BCUT2D eigenvalue weighted by Crippen LogP contribution is -2.65. The van der Waals surface area contributed by atoms with Crippen LogP contribution in [0.3, 0.4) is 0 Å². The molecule has 0 aliphatic carbocycles. The summed E-state index contributed by atoms with van der Waals surface area (Å²) in [6, 6.07) is 57.0. The number of hydrogen-bond acceptors (Lipinski definition) is 3. The van der Waals surface area contributed by atoms with E-state index in [2.05, 4.69) is 120 Å². The van der Waals surface area contributed by atoms with E-state index >= 15 is 0 Å². The van der Waals surface area contributed by atoms with E-state index in [0.717, 1.165) is 22.3 Å². The van der Waals surface area contributed by atoms with Gasteiger partial charge in [0, 0.05) is 17.1 Å². The Morgan fingerprint density at radius 2 is 0.766 bits per heavy atom. The zero-order valence-electron chi connectivity index (χ0n) is 25.6. The lowest BCUT2D eigenvalue weighted by atomic mass is 9.30. The summed E-state index contributed by atoms with van der Waals surface area (Å²) in [4.78, 5) is 2.48. The maximum Gasteiger partial charge on any atom is 0.246 e. The smallest absolute Gasteiger partial charge is 0.246 e. The lowest BCUT2D eigenvalue weighted by molar-refractivity contribution is 0.475. The lowest BCUT2D eigenvalue weighted by Gasteiger charge is -2.44. The number of hydrogen-bond donors (Lipinski definition) is 2. The van der Waals surface area contributed by atoms with Crippen molar-refractivity contribution >= 4 is 63.3 Å². The second kappa shape index (κ2) is 10.9. The minimum Gasteiger partial charge on any atom is -0.508 e. The Morgan fingerprint density at radius 1 is 0.362 bits per heavy atom. The summed E-state index contributed by atoms with van der Waals surface area (Å²) in [5.74, 6) is 0.528. The molecule has 0 spiro atoms. The summed E-state index contributed by atoms with van der Waals surface area (Å²) < 4.78 is 0. The van der Waals surface area contributed by atoms with Gasteiger partial charge in [0.25, 0.3) is 0 Å². The van der Waals surface area contributed by atoms with Crippen molar-refractivity contribution in [3.8, 4) is 33.8 Å². The Balaban J connectivity index is 1.32. The fourth-order valence-corrected chi connectivity index (χ4v) is 7.66. The van der Waals surface area contributed by atoms with Crippen molar-refractivity contribution in [2.45, 2.75) is 0 Å². The van der Waals surface area contributed by atoms with Crippen LogP contribution in [0.2, 0.25) is 0 Å². The summed E-state index contributed by atoms with van der Waals surface area (Å²) in [6.07, 6.45) is 0. The molecule has 7 aromatic rings. The monoisotopic (exact) mass is 601 g/mol. The molecular weight excluding hydrogens is 572 g/mol. The largest absolute Gasteiger partial charge is 0.508 e. The number of aromatic hydroxyl groups is 2. The van der Waals surface area contributed by atoms with Crippen LogP contribution in [0.4, 0.5) is 17.1 Å². The second-order valence-corrected chi connectivity index (χ2v) is 12.4. The number of rotatable bonds is 4. The number of phenols is 2. The van der Waals surface area contributed by atoms with Gasteiger partial charge in [-0.2, -0.15) is 0 Å². The molecule has 0 aromatic heterocycles. The Bertz CT molecular complexity index is 2110. The Hall–Kier alpha value is -5.93. The first-order valence-electron chi connectivity index (χ1n) is 16.0. The number of phenolic OH excluding ortho intramolecular Hbond substituents is 2. The molecular formula is C42H29B2NO2. The average molecular weight is 601 g/mol. The van der Waals surface area contributed by atoms with Crippen molar-refractivity contribution in [1.29, 1.82) is 0 Å². The van der Waals surface area contributed by atoms with E-state index in [4.69, 9.17) is 0 Å². The molecule has 0 atom stereocenters. The molecule has 0 saturated carbocycles. The molecule has 9 rings (SSSR count). The summed E-state index contributed by atoms with van der Waals surface area (Å²) in [6.45, 7) is 0.0902. The molecule has 0 saturated heterocycles. The SMILES string of the molecule is Oc1ccc(-c2ccc3c(c2)B(c2ccccc2)c2cccc4c2N3c2ccc(-c3ccc(O)cc3)cc2B4c2ccccc2)cc1. The highest BCUT2D eigenvalue weighted by Gasteiger charge is 2.43. The molecule has 0 bridgehead atoms. The fraction of sp³-hybridized carbons (Fsp3) is 0. The molecule has 3 nitrogen and oxygen atoms in total. The quantitative estimate of drug-likeness (QED) is 0.260. The van der Waals surface area contributed by atoms with Crippen LogP contribution in [-0.2, 0) is 0 Å². The van der Waals surface area contributed by atoms with E-state index in [1.165, 1.54) is 49.8 Å². The van der Waals surface area contributed by atoms with Gasteiger partial charge in [0.1, 0.15) is 11.5 Å². The van der Waals surface area contributed by atoms with Crippen LogP contribution in [0, 0.1) is 0 Å². The van der Waals surface area contributed by atoms with Crippen molar-refractivity contribution in [3.05, 3.63) is 164 Å². The van der Waals surface area contributed by atoms with Crippen LogP contribution in [0.5, 0.6) is 11.5 Å². The van der Waals surface area contributed by atoms with Crippen molar-refractivity contribution in [2.75, 3.05) is 4.90 Å². The molecule has 2 N–H and O–H groups in total. The van der Waals surface area contributed by atoms with E-state index < -0.39 is 0 Å². The van der Waals surface area contributed by atoms with Crippen molar-refractivity contribution in [2.24, 2.45) is 0 Å². The Kier molecular flexibility index (Phi) is 6.32. The first-order valence-corrected chi connectivity index (χ1v) is 16.0. The maximum absolute atomic E-state index is 9.98. The van der Waals surface area contributed by atoms with Gasteiger partial charge < -0.3 is 15.1 Å². The number of nitrogens with zero attached hydrogens (tertiary/aromatic N) is 1. The number of para-hydroxylation sites is 1. The van der Waals surface area contributed by atoms with Crippen molar-refractivity contribution < 1.29 is 10.2 Å². The summed E-state index contributed by atoms with van der Waals surface area (Å²) in [5.41, 5.74) is 15.6. The molecule has 0 radical (unpaired) electrons. The summed E-state index contributed by atoms with van der Waals surface area (Å²) >= 11 is 0. The van der Waals surface area contributed by atoms with Gasteiger partial charge in [-0.3, -0.25) is 0 Å². The second-order valence-electron chi connectivity index (χ2n) is 12.4. The molecule has 5 heteroatoms. The molecule has 0 amide bonds. The standard InChI is InChI=1S/C42H29B2NO2/c46-34-20-14-28(15-21-34)30-18-24-40-38(26-30)43(32-8-3-1-4-9-32)36-12-7-13-37-42(36)45(40)41-25-19-31(29-16-22-35(47)23-17-29)27-39(41)44(37)33-10-5-2-6-11-33/h1-27,46-47H. The topological polar surface area (TPSA) is 43.7 Å². The first kappa shape index (κ1) is 27.4. The van der Waals surface area contributed by atoms with Gasteiger partial charge in [-0.05, 0) is 80.5 Å². The summed E-state index contributed by atoms with van der Waals surface area (Å²) in [7, 11) is 0. The van der Waals surface area contributed by atoms with E-state index in [9.17, 15) is 10.2 Å². The van der Waals surface area contributed by atoms with Crippen LogP contribution in [0.1, 0.15) is 0 Å².